The Morgan fingerprint density at radius 1 is 1.18 bits per heavy atom. The number of nitrogen functional groups attached to an aromatic ring is 1. The predicted molar refractivity (Wildman–Crippen MR) is 75.5 cm³/mol. The van der Waals surface area contributed by atoms with Crippen molar-refractivity contribution >= 4 is 33.1 Å². The molecule has 4 heteroatoms. The second kappa shape index (κ2) is 4.75. The maximum Gasteiger partial charge on any atom is 0.130 e. The number of nitrogens with two attached hydrogens (primary N) is 1. The molecule has 0 bridgehead atoms. The van der Waals surface area contributed by atoms with E-state index in [0.29, 0.717) is 5.69 Å². The molecule has 0 aliphatic heterocycles. The van der Waals surface area contributed by atoms with E-state index >= 15 is 0 Å². The maximum atomic E-state index is 5.74. The molecule has 3 nitrogen and oxygen atoms in total. The van der Waals surface area contributed by atoms with E-state index in [4.69, 9.17) is 5.73 Å². The lowest BCUT2D eigenvalue weighted by Crippen LogP contribution is -1.99. The SMILES string of the molecule is Cc1cc(Br)ccc1Nc1ccc(N)c(C)n1. The van der Waals surface area contributed by atoms with Crippen LogP contribution in [-0.2, 0) is 0 Å². The molecule has 0 aliphatic rings. The topological polar surface area (TPSA) is 50.9 Å². The molecule has 0 saturated heterocycles. The molecule has 3 N–H and O–H groups in total. The summed E-state index contributed by atoms with van der Waals surface area (Å²) in [7, 11) is 0. The van der Waals surface area contributed by atoms with E-state index in [-0.39, 0.29) is 0 Å². The van der Waals surface area contributed by atoms with Gasteiger partial charge in [0, 0.05) is 10.2 Å². The molecule has 0 aliphatic carbocycles. The number of halogens is 1. The summed E-state index contributed by atoms with van der Waals surface area (Å²) in [5, 5.41) is 3.28. The van der Waals surface area contributed by atoms with Crippen LogP contribution in [0.25, 0.3) is 0 Å². The number of nitrogens with one attached hydrogen (secondary N) is 1. The largest absolute Gasteiger partial charge is 0.397 e. The molecule has 17 heavy (non-hydrogen) atoms. The summed E-state index contributed by atoms with van der Waals surface area (Å²) >= 11 is 3.44. The average molecular weight is 292 g/mol. The van der Waals surface area contributed by atoms with Crippen LogP contribution in [0.5, 0.6) is 0 Å². The van der Waals surface area contributed by atoms with Crippen LogP contribution in [0.3, 0.4) is 0 Å². The van der Waals surface area contributed by atoms with Crippen LogP contribution in [0.2, 0.25) is 0 Å². The van der Waals surface area contributed by atoms with Gasteiger partial charge in [0.15, 0.2) is 0 Å². The van der Waals surface area contributed by atoms with Gasteiger partial charge >= 0.3 is 0 Å². The number of hydrogen-bond acceptors (Lipinski definition) is 3. The molecule has 1 heterocycles. The van der Waals surface area contributed by atoms with Crippen LogP contribution in [0.1, 0.15) is 11.3 Å². The van der Waals surface area contributed by atoms with Gasteiger partial charge in [-0.3, -0.25) is 0 Å². The number of pyridine rings is 1. The molecule has 2 rings (SSSR count). The zero-order chi connectivity index (χ0) is 12.4. The van der Waals surface area contributed by atoms with Gasteiger partial charge in [0.2, 0.25) is 0 Å². The minimum atomic E-state index is 0.711. The Morgan fingerprint density at radius 3 is 2.59 bits per heavy atom. The smallest absolute Gasteiger partial charge is 0.130 e. The Hall–Kier alpha value is -1.55. The molecule has 0 saturated carbocycles. The van der Waals surface area contributed by atoms with Gasteiger partial charge in [0.05, 0.1) is 11.4 Å². The van der Waals surface area contributed by atoms with E-state index in [2.05, 4.69) is 39.2 Å². The summed E-state index contributed by atoms with van der Waals surface area (Å²) in [6, 6.07) is 9.82. The zero-order valence-corrected chi connectivity index (χ0v) is 11.4. The van der Waals surface area contributed by atoms with Crippen molar-refractivity contribution in [2.75, 3.05) is 11.1 Å². The van der Waals surface area contributed by atoms with Crippen molar-refractivity contribution in [2.24, 2.45) is 0 Å². The molecular weight excluding hydrogens is 278 g/mol. The maximum absolute atomic E-state index is 5.74. The van der Waals surface area contributed by atoms with E-state index in [1.54, 1.807) is 0 Å². The second-order valence-electron chi connectivity index (χ2n) is 3.96. The highest BCUT2D eigenvalue weighted by atomic mass is 79.9. The molecule has 1 aromatic carbocycles. The van der Waals surface area contributed by atoms with Crippen LogP contribution in [0, 0.1) is 13.8 Å². The minimum Gasteiger partial charge on any atom is -0.397 e. The number of benzene rings is 1. The first-order valence-electron chi connectivity index (χ1n) is 5.32. The summed E-state index contributed by atoms with van der Waals surface area (Å²) in [6.45, 7) is 3.95. The number of anilines is 3. The van der Waals surface area contributed by atoms with Crippen molar-refractivity contribution in [3.8, 4) is 0 Å². The van der Waals surface area contributed by atoms with E-state index in [1.165, 1.54) is 0 Å². The molecule has 2 aromatic rings. The molecule has 0 atom stereocenters. The standard InChI is InChI=1S/C13H14BrN3/c1-8-7-10(14)3-5-12(8)17-13-6-4-11(15)9(2)16-13/h3-7H,15H2,1-2H3,(H,16,17). The van der Waals surface area contributed by atoms with Gasteiger partial charge in [-0.1, -0.05) is 15.9 Å². The first kappa shape index (κ1) is 11.9. The third-order valence-corrected chi connectivity index (χ3v) is 3.07. The Morgan fingerprint density at radius 2 is 1.94 bits per heavy atom. The zero-order valence-electron chi connectivity index (χ0n) is 9.79. The Kier molecular flexibility index (Phi) is 3.33. The fourth-order valence-corrected chi connectivity index (χ4v) is 2.02. The van der Waals surface area contributed by atoms with E-state index < -0.39 is 0 Å². The Balaban J connectivity index is 2.28. The molecule has 0 amide bonds. The van der Waals surface area contributed by atoms with Crippen molar-refractivity contribution in [1.29, 1.82) is 0 Å². The summed E-state index contributed by atoms with van der Waals surface area (Å²) in [5.41, 5.74) is 9.49. The molecule has 0 unspecified atom stereocenters. The third-order valence-electron chi connectivity index (χ3n) is 2.58. The lowest BCUT2D eigenvalue weighted by Gasteiger charge is -2.10. The summed E-state index contributed by atoms with van der Waals surface area (Å²) in [4.78, 5) is 4.38. The monoisotopic (exact) mass is 291 g/mol. The van der Waals surface area contributed by atoms with Crippen molar-refractivity contribution < 1.29 is 0 Å². The highest BCUT2D eigenvalue weighted by Crippen LogP contribution is 2.23. The first-order valence-corrected chi connectivity index (χ1v) is 6.12. The third kappa shape index (κ3) is 2.77. The van der Waals surface area contributed by atoms with Crippen molar-refractivity contribution in [3.05, 3.63) is 46.1 Å². The second-order valence-corrected chi connectivity index (χ2v) is 4.87. The van der Waals surface area contributed by atoms with Gasteiger partial charge in [-0.25, -0.2) is 4.98 Å². The van der Waals surface area contributed by atoms with E-state index in [1.807, 2.05) is 31.2 Å². The molecule has 1 aromatic heterocycles. The molecule has 0 fully saturated rings. The van der Waals surface area contributed by atoms with Gasteiger partial charge in [-0.15, -0.1) is 0 Å². The number of aromatic nitrogens is 1. The van der Waals surface area contributed by atoms with Crippen LogP contribution < -0.4 is 11.1 Å². The van der Waals surface area contributed by atoms with Crippen LogP contribution >= 0.6 is 15.9 Å². The summed E-state index contributed by atoms with van der Waals surface area (Å²) in [5.74, 6) is 0.808. The highest BCUT2D eigenvalue weighted by Gasteiger charge is 2.02. The predicted octanol–water partition coefficient (Wildman–Crippen LogP) is 3.79. The fraction of sp³-hybridized carbons (Fsp3) is 0.154. The fourth-order valence-electron chi connectivity index (χ4n) is 1.55. The quantitative estimate of drug-likeness (QED) is 0.885. The van der Waals surface area contributed by atoms with Gasteiger partial charge in [0.25, 0.3) is 0 Å². The number of rotatable bonds is 2. The first-order chi connectivity index (χ1) is 8.06. The highest BCUT2D eigenvalue weighted by molar-refractivity contribution is 9.10. The number of nitrogens with zero attached hydrogens (tertiary/aromatic N) is 1. The average Bonchev–Trinajstić information content (AvgIpc) is 2.27. The Labute approximate surface area is 109 Å². The summed E-state index contributed by atoms with van der Waals surface area (Å²) in [6.07, 6.45) is 0. The molecule has 88 valence electrons. The van der Waals surface area contributed by atoms with Crippen LogP contribution in [0.4, 0.5) is 17.2 Å². The van der Waals surface area contributed by atoms with Gasteiger partial charge in [-0.2, -0.15) is 0 Å². The van der Waals surface area contributed by atoms with Crippen molar-refractivity contribution in [3.63, 3.8) is 0 Å². The van der Waals surface area contributed by atoms with Crippen molar-refractivity contribution in [2.45, 2.75) is 13.8 Å². The number of aryl methyl sites for hydroxylation is 2. The lowest BCUT2D eigenvalue weighted by molar-refractivity contribution is 1.20. The van der Waals surface area contributed by atoms with Crippen LogP contribution in [-0.4, -0.2) is 4.98 Å². The van der Waals surface area contributed by atoms with E-state index in [0.717, 1.165) is 27.2 Å². The van der Waals surface area contributed by atoms with E-state index in [9.17, 15) is 0 Å². The number of hydrogen-bond donors (Lipinski definition) is 2. The molecule has 0 spiro atoms. The normalized spacial score (nSPS) is 10.3. The van der Waals surface area contributed by atoms with Gasteiger partial charge in [-0.05, 0) is 49.7 Å². The van der Waals surface area contributed by atoms with Crippen molar-refractivity contribution in [1.82, 2.24) is 4.98 Å². The molecule has 0 radical (unpaired) electrons. The lowest BCUT2D eigenvalue weighted by atomic mass is 10.2. The van der Waals surface area contributed by atoms with Crippen LogP contribution in [0.15, 0.2) is 34.8 Å². The molecular formula is C13H14BrN3. The Bertz CT molecular complexity index is 552. The van der Waals surface area contributed by atoms with Gasteiger partial charge < -0.3 is 11.1 Å². The minimum absolute atomic E-state index is 0.711. The van der Waals surface area contributed by atoms with Gasteiger partial charge in [0.1, 0.15) is 5.82 Å². The summed E-state index contributed by atoms with van der Waals surface area (Å²) < 4.78 is 1.07.